The predicted molar refractivity (Wildman–Crippen MR) is 457 cm³/mol. The summed E-state index contributed by atoms with van der Waals surface area (Å²) in [6.07, 6.45) is -3.40. The van der Waals surface area contributed by atoms with E-state index < -0.39 is 178 Å². The van der Waals surface area contributed by atoms with Crippen LogP contribution in [0.15, 0.2) is 146 Å². The molecule has 5 aromatic rings. The Morgan fingerprint density at radius 1 is 0.358 bits per heavy atom. The quantitative estimate of drug-likeness (QED) is 0.00605. The van der Waals surface area contributed by atoms with Crippen LogP contribution in [0.25, 0.3) is 0 Å². The van der Waals surface area contributed by atoms with Crippen LogP contribution in [-0.4, -0.2) is 208 Å². The summed E-state index contributed by atoms with van der Waals surface area (Å²) < 4.78 is -0.446. The standard InChI is InChI=1S/C81H114IN23O15/c1-46(2)65(104-76(118)62(44-51-25-14-7-15-26-51)100-68(110)54(84)41-52-30-33-53(107)34-31-52)77(119)99-59(36-37-83)71(113)101-60(42-49-21-10-5-11-22-49)74(116)97-56(28-17-39-93-80(88)89)69(111)102-63(45-64(85)108)75(117)98-58(35-32-48-19-8-4-9-20-48)70(112)96-57(29-18-40-94-81(90)91)72(114)105-66(47(3)106)78(120)103-61(43-50-23-12-6-13-24-50)73(115)95-55(67(82)109)27-16-38-92-79(86)87/h4-15,19-26,30-31,33-34,46-47,54-63,65-66,106-107H,16-18,27-29,32,35-45,83-84H2,1-3H3,(H2,85,108)(H,95,115)(H,96,112)(H,97,116)(H,98,117)(H,99,119)(H,100,110)(H,101,113)(H,102,111)(H,103,120)(H,104,118)(H,105,114)(H4,86,87,92)(H4,88,89,93)(H4,90,91,94)/t47-,54-,55+,56+,57+,58+,59+,60+,61+,62+,63+,65+,66+/m1/s1. The van der Waals surface area contributed by atoms with Crippen LogP contribution in [0, 0.1) is 22.1 Å². The van der Waals surface area contributed by atoms with Gasteiger partial charge in [-0.2, -0.15) is 0 Å². The molecule has 0 aliphatic carbocycles. The van der Waals surface area contributed by atoms with E-state index in [1.807, 2.05) is 0 Å². The van der Waals surface area contributed by atoms with Crippen LogP contribution in [0.2, 0.25) is 0 Å². The van der Waals surface area contributed by atoms with E-state index in [-0.39, 0.29) is 115 Å². The largest absolute Gasteiger partial charge is 0.508 e. The van der Waals surface area contributed by atoms with Gasteiger partial charge >= 0.3 is 0 Å². The molecule has 5 aromatic carbocycles. The van der Waals surface area contributed by atoms with Crippen LogP contribution in [0.3, 0.4) is 0 Å². The van der Waals surface area contributed by atoms with Crippen molar-refractivity contribution < 1.29 is 72.5 Å². The van der Waals surface area contributed by atoms with Gasteiger partial charge in [-0.1, -0.05) is 147 Å². The number of amides is 12. The number of phenols is 1. The fourth-order valence-electron chi connectivity index (χ4n) is 12.5. The molecular weight excluding hydrogens is 1660 g/mol. The monoisotopic (exact) mass is 1780 g/mol. The summed E-state index contributed by atoms with van der Waals surface area (Å²) in [5.74, 6) is -13.4. The number of carbonyl (C=O) groups is 13. The number of guanidine groups is 3. The Bertz CT molecular complexity index is 4240. The first-order chi connectivity index (χ1) is 57.1. The van der Waals surface area contributed by atoms with Crippen molar-refractivity contribution in [2.75, 3.05) is 26.2 Å². The Morgan fingerprint density at radius 2 is 0.658 bits per heavy atom. The fourth-order valence-corrected chi connectivity index (χ4v) is 12.9. The number of aromatic hydroxyl groups is 1. The summed E-state index contributed by atoms with van der Waals surface area (Å²) in [5.41, 5.74) is 37.7. The summed E-state index contributed by atoms with van der Waals surface area (Å²) in [5, 5.41) is 80.6. The van der Waals surface area contributed by atoms with E-state index in [1.54, 1.807) is 147 Å². The van der Waals surface area contributed by atoms with E-state index in [9.17, 15) is 72.5 Å². The Hall–Kier alpha value is -12.4. The number of nitrogens with one attached hydrogen (secondary N) is 17. The second kappa shape index (κ2) is 51.7. The van der Waals surface area contributed by atoms with Crippen molar-refractivity contribution in [3.05, 3.63) is 173 Å². The molecule has 38 nitrogen and oxygen atoms in total. The highest BCUT2D eigenvalue weighted by Crippen LogP contribution is 2.17. The lowest BCUT2D eigenvalue weighted by Crippen LogP contribution is -2.62. The molecule has 12 amide bonds. The molecule has 5 rings (SSSR count). The molecule has 650 valence electrons. The van der Waals surface area contributed by atoms with Crippen LogP contribution in [-0.2, 0) is 94.4 Å². The van der Waals surface area contributed by atoms with Crippen molar-refractivity contribution >= 4 is 115 Å². The normalized spacial score (nSPS) is 14.2. The molecule has 0 bridgehead atoms. The number of primary amides is 1. The lowest BCUT2D eigenvalue weighted by molar-refractivity contribution is -0.137. The zero-order chi connectivity index (χ0) is 88.4. The van der Waals surface area contributed by atoms with Crippen molar-refractivity contribution in [2.24, 2.45) is 40.3 Å². The number of benzene rings is 5. The van der Waals surface area contributed by atoms with Gasteiger partial charge in [0.15, 0.2) is 17.9 Å². The van der Waals surface area contributed by atoms with Gasteiger partial charge in [-0.15, -0.1) is 0 Å². The van der Waals surface area contributed by atoms with Gasteiger partial charge in [-0.25, -0.2) is 0 Å². The van der Waals surface area contributed by atoms with Crippen molar-refractivity contribution in [3.8, 4) is 5.75 Å². The summed E-state index contributed by atoms with van der Waals surface area (Å²) in [7, 11) is 0. The fraction of sp³-hybridized carbons (Fsp3) is 0.432. The molecule has 0 fully saturated rings. The summed E-state index contributed by atoms with van der Waals surface area (Å²) in [6, 6.07) is 22.4. The molecule has 0 aliphatic heterocycles. The molecule has 120 heavy (non-hydrogen) atoms. The van der Waals surface area contributed by atoms with Crippen molar-refractivity contribution in [1.29, 1.82) is 16.2 Å². The molecule has 0 saturated heterocycles. The second-order valence-corrected chi connectivity index (χ2v) is 30.1. The minimum absolute atomic E-state index is 0.00545. The summed E-state index contributed by atoms with van der Waals surface area (Å²) >= 11 is 1.53. The number of hydrogen-bond donors (Lipinski definition) is 25. The van der Waals surface area contributed by atoms with Gasteiger partial charge in [0.05, 0.1) is 24.6 Å². The summed E-state index contributed by atoms with van der Waals surface area (Å²) in [4.78, 5) is 186. The number of carbonyl (C=O) groups excluding carboxylic acids is 13. The number of aryl methyl sites for hydroxylation is 1. The number of phenolic OH excluding ortho intramolecular Hbond substituents is 1. The van der Waals surface area contributed by atoms with Crippen LogP contribution in [0.1, 0.15) is 106 Å². The molecule has 0 aromatic heterocycles. The van der Waals surface area contributed by atoms with E-state index in [0.29, 0.717) is 34.2 Å². The predicted octanol–water partition coefficient (Wildman–Crippen LogP) is -3.03. The van der Waals surface area contributed by atoms with Crippen LogP contribution >= 0.6 is 22.6 Å². The molecule has 0 heterocycles. The van der Waals surface area contributed by atoms with Crippen LogP contribution in [0.5, 0.6) is 5.75 Å². The van der Waals surface area contributed by atoms with Gasteiger partial charge in [0.25, 0.3) is 0 Å². The highest BCUT2D eigenvalue weighted by Gasteiger charge is 2.39. The Labute approximate surface area is 709 Å². The van der Waals surface area contributed by atoms with E-state index in [0.717, 1.165) is 0 Å². The van der Waals surface area contributed by atoms with Crippen LogP contribution < -0.4 is 109 Å². The van der Waals surface area contributed by atoms with Gasteiger partial charge in [0, 0.05) is 61.5 Å². The van der Waals surface area contributed by atoms with Crippen molar-refractivity contribution in [3.63, 3.8) is 0 Å². The minimum Gasteiger partial charge on any atom is -0.508 e. The molecule has 39 heteroatoms. The van der Waals surface area contributed by atoms with Gasteiger partial charge in [-0.05, 0) is 124 Å². The highest BCUT2D eigenvalue weighted by molar-refractivity contribution is 14.1. The first-order valence-corrected chi connectivity index (χ1v) is 40.3. The first-order valence-electron chi connectivity index (χ1n) is 39.2. The van der Waals surface area contributed by atoms with Crippen LogP contribution in [0.4, 0.5) is 0 Å². The number of halogens is 1. The molecule has 31 N–H and O–H groups in total. The Balaban J connectivity index is 1.42. The number of aliphatic hydroxyl groups excluding tert-OH is 1. The molecule has 0 unspecified atom stereocenters. The zero-order valence-corrected chi connectivity index (χ0v) is 69.4. The maximum absolute atomic E-state index is 15.0. The SMILES string of the molecule is CC(C)[C@H](NC(=O)[C@H](Cc1ccccc1)NC(=O)[C@H](N)Cc1ccc(O)cc1)C(=O)N[C@@H](CCN)C(=O)N[C@@H](Cc1ccccc1)C(=O)N[C@@H](CCCNC(=N)N)C(=O)N[C@@H](CC(N)=O)C(=O)N[C@@H](CCc1ccccc1)C(=O)N[C@@H](CCCNC(=N)N)C(=O)N[C@H](C(=O)N[C@@H](Cc1ccccc1)C(=O)N[C@@H](CCCNC(=N)N)C(=O)I)[C@@H](C)O. The zero-order valence-electron chi connectivity index (χ0n) is 67.2. The number of aliphatic hydroxyl groups is 1. The van der Waals surface area contributed by atoms with Gasteiger partial charge in [0.1, 0.15) is 66.2 Å². The van der Waals surface area contributed by atoms with E-state index in [1.165, 1.54) is 41.6 Å². The topological polar surface area (TPSA) is 658 Å². The Kier molecular flexibility index (Phi) is 42.3. The third kappa shape index (κ3) is 36.2. The van der Waals surface area contributed by atoms with E-state index in [4.69, 9.17) is 50.6 Å². The number of hydrogen-bond acceptors (Lipinski definition) is 20. The third-order valence-electron chi connectivity index (χ3n) is 18.9. The van der Waals surface area contributed by atoms with Crippen molar-refractivity contribution in [1.82, 2.24) is 74.4 Å². The van der Waals surface area contributed by atoms with Crippen molar-refractivity contribution in [2.45, 2.75) is 189 Å². The summed E-state index contributed by atoms with van der Waals surface area (Å²) in [6.45, 7) is 4.40. The average molecular weight is 1780 g/mol. The molecular formula is C81H114IN23O15. The second-order valence-electron chi connectivity index (χ2n) is 29.1. The van der Waals surface area contributed by atoms with E-state index in [2.05, 4.69) is 74.4 Å². The van der Waals surface area contributed by atoms with E-state index >= 15 is 0 Å². The lowest BCUT2D eigenvalue weighted by Gasteiger charge is -2.29. The molecule has 13 atom stereocenters. The van der Waals surface area contributed by atoms with Gasteiger partial charge in [-0.3, -0.25) is 78.6 Å². The maximum atomic E-state index is 15.0. The molecule has 0 spiro atoms. The number of rotatable bonds is 52. The molecule has 0 saturated carbocycles. The molecule has 0 aliphatic rings. The smallest absolute Gasteiger partial charge is 0.245 e. The minimum atomic E-state index is -1.91. The highest BCUT2D eigenvalue weighted by atomic mass is 127. The van der Waals surface area contributed by atoms with Gasteiger partial charge in [0.2, 0.25) is 74.7 Å². The lowest BCUT2D eigenvalue weighted by atomic mass is 9.99. The molecule has 0 radical (unpaired) electrons. The van der Waals surface area contributed by atoms with Gasteiger partial charge < -0.3 is 119 Å². The maximum Gasteiger partial charge on any atom is 0.245 e. The average Bonchev–Trinajstić information content (AvgIpc) is 0.847. The first kappa shape index (κ1) is 98.2. The third-order valence-corrected chi connectivity index (χ3v) is 19.7. The Morgan fingerprint density at radius 3 is 1.05 bits per heavy atom. The number of nitrogens with two attached hydrogens (primary N) is 6.